The second-order valence-corrected chi connectivity index (χ2v) is 6.65. The maximum atomic E-state index is 11.8. The number of cyclic esters (lactones) is 1. The summed E-state index contributed by atoms with van der Waals surface area (Å²) in [7, 11) is 0. The van der Waals surface area contributed by atoms with E-state index < -0.39 is 0 Å². The predicted octanol–water partition coefficient (Wildman–Crippen LogP) is 1.27. The molecule has 3 rings (SSSR count). The summed E-state index contributed by atoms with van der Waals surface area (Å²) in [6, 6.07) is -0.00875. The third-order valence-corrected chi connectivity index (χ3v) is 5.02. The Bertz CT molecular complexity index is 349. The standard InChI is InChI=1S/C16H28N2O3/c1-13-12-15(16(19)21-13)18-8-4-14(5-9-18)20-11-10-17-6-2-3-7-17/h13-15H,2-12H2,1H3/t13-,15-/m0/s1. The summed E-state index contributed by atoms with van der Waals surface area (Å²) < 4.78 is 11.3. The second-order valence-electron chi connectivity index (χ2n) is 6.65. The van der Waals surface area contributed by atoms with E-state index in [0.717, 1.165) is 45.5 Å². The second kappa shape index (κ2) is 7.07. The van der Waals surface area contributed by atoms with Crippen LogP contribution in [0.4, 0.5) is 0 Å². The van der Waals surface area contributed by atoms with E-state index in [-0.39, 0.29) is 18.1 Å². The first-order chi connectivity index (χ1) is 10.2. The minimum absolute atomic E-state index is 0.00875. The molecule has 0 saturated carbocycles. The maximum Gasteiger partial charge on any atom is 0.323 e. The molecule has 0 spiro atoms. The smallest absolute Gasteiger partial charge is 0.323 e. The molecule has 120 valence electrons. The molecule has 0 aromatic heterocycles. The molecule has 0 radical (unpaired) electrons. The summed E-state index contributed by atoms with van der Waals surface area (Å²) in [5, 5.41) is 0. The number of piperidine rings is 1. The van der Waals surface area contributed by atoms with Crippen molar-refractivity contribution in [3.63, 3.8) is 0 Å². The van der Waals surface area contributed by atoms with Crippen molar-refractivity contribution in [3.8, 4) is 0 Å². The van der Waals surface area contributed by atoms with E-state index in [0.29, 0.717) is 6.10 Å². The van der Waals surface area contributed by atoms with Gasteiger partial charge in [-0.1, -0.05) is 0 Å². The van der Waals surface area contributed by atoms with E-state index in [9.17, 15) is 4.79 Å². The van der Waals surface area contributed by atoms with Crippen molar-refractivity contribution >= 4 is 5.97 Å². The van der Waals surface area contributed by atoms with E-state index in [4.69, 9.17) is 9.47 Å². The Morgan fingerprint density at radius 3 is 2.52 bits per heavy atom. The van der Waals surface area contributed by atoms with Gasteiger partial charge in [-0.3, -0.25) is 9.69 Å². The van der Waals surface area contributed by atoms with Gasteiger partial charge >= 0.3 is 5.97 Å². The zero-order valence-electron chi connectivity index (χ0n) is 13.1. The van der Waals surface area contributed by atoms with Gasteiger partial charge in [0.25, 0.3) is 0 Å². The quantitative estimate of drug-likeness (QED) is 0.715. The van der Waals surface area contributed by atoms with E-state index in [1.807, 2.05) is 6.92 Å². The summed E-state index contributed by atoms with van der Waals surface area (Å²) >= 11 is 0. The Labute approximate surface area is 127 Å². The normalized spacial score (nSPS) is 32.7. The largest absolute Gasteiger partial charge is 0.461 e. The van der Waals surface area contributed by atoms with Crippen molar-refractivity contribution < 1.29 is 14.3 Å². The van der Waals surface area contributed by atoms with Crippen LogP contribution in [0.2, 0.25) is 0 Å². The number of hydrogen-bond acceptors (Lipinski definition) is 5. The number of carbonyl (C=O) groups excluding carboxylic acids is 1. The van der Waals surface area contributed by atoms with E-state index in [1.54, 1.807) is 0 Å². The van der Waals surface area contributed by atoms with Crippen molar-refractivity contribution in [2.75, 3.05) is 39.3 Å². The first-order valence-electron chi connectivity index (χ1n) is 8.51. The summed E-state index contributed by atoms with van der Waals surface area (Å²) in [5.74, 6) is -0.0316. The Morgan fingerprint density at radius 1 is 1.19 bits per heavy atom. The van der Waals surface area contributed by atoms with Crippen molar-refractivity contribution in [1.82, 2.24) is 9.80 Å². The molecule has 0 amide bonds. The lowest BCUT2D eigenvalue weighted by Crippen LogP contribution is -2.45. The zero-order valence-corrected chi connectivity index (χ0v) is 13.1. The fourth-order valence-electron chi connectivity index (χ4n) is 3.74. The number of hydrogen-bond donors (Lipinski definition) is 0. The van der Waals surface area contributed by atoms with Gasteiger partial charge in [0.1, 0.15) is 12.1 Å². The van der Waals surface area contributed by atoms with Gasteiger partial charge in [0, 0.05) is 26.1 Å². The first-order valence-corrected chi connectivity index (χ1v) is 8.51. The lowest BCUT2D eigenvalue weighted by atomic mass is 10.0. The third kappa shape index (κ3) is 3.96. The van der Waals surface area contributed by atoms with Gasteiger partial charge in [0.05, 0.1) is 12.7 Å². The van der Waals surface area contributed by atoms with E-state index in [2.05, 4.69) is 9.80 Å². The van der Waals surface area contributed by atoms with Crippen molar-refractivity contribution in [2.24, 2.45) is 0 Å². The number of ether oxygens (including phenoxy) is 2. The molecule has 3 heterocycles. The van der Waals surface area contributed by atoms with Gasteiger partial charge in [-0.2, -0.15) is 0 Å². The van der Waals surface area contributed by atoms with Gasteiger partial charge in [-0.25, -0.2) is 0 Å². The van der Waals surface area contributed by atoms with Crippen LogP contribution in [0.15, 0.2) is 0 Å². The van der Waals surface area contributed by atoms with Crippen LogP contribution in [-0.2, 0) is 14.3 Å². The third-order valence-electron chi connectivity index (χ3n) is 5.02. The Hall–Kier alpha value is -0.650. The summed E-state index contributed by atoms with van der Waals surface area (Å²) in [4.78, 5) is 16.6. The van der Waals surface area contributed by atoms with Crippen LogP contribution in [0.5, 0.6) is 0 Å². The highest BCUT2D eigenvalue weighted by Crippen LogP contribution is 2.24. The van der Waals surface area contributed by atoms with Crippen LogP contribution in [0.1, 0.15) is 39.0 Å². The monoisotopic (exact) mass is 296 g/mol. The molecule has 0 aliphatic carbocycles. The molecule has 5 heteroatoms. The van der Waals surface area contributed by atoms with Crippen molar-refractivity contribution in [1.29, 1.82) is 0 Å². The highest BCUT2D eigenvalue weighted by Gasteiger charge is 2.37. The molecule has 0 aromatic carbocycles. The number of carbonyl (C=O) groups is 1. The Morgan fingerprint density at radius 2 is 1.90 bits per heavy atom. The molecule has 0 unspecified atom stereocenters. The van der Waals surface area contributed by atoms with Gasteiger partial charge in [0.2, 0.25) is 0 Å². The molecule has 3 aliphatic heterocycles. The molecule has 21 heavy (non-hydrogen) atoms. The highest BCUT2D eigenvalue weighted by molar-refractivity contribution is 5.78. The molecule has 3 saturated heterocycles. The van der Waals surface area contributed by atoms with Crippen LogP contribution in [0, 0.1) is 0 Å². The fourth-order valence-corrected chi connectivity index (χ4v) is 3.74. The number of rotatable bonds is 5. The molecule has 0 N–H and O–H groups in total. The van der Waals surface area contributed by atoms with E-state index >= 15 is 0 Å². The minimum atomic E-state index is -0.0316. The average Bonchev–Trinajstić information content (AvgIpc) is 3.09. The minimum Gasteiger partial charge on any atom is -0.461 e. The molecule has 5 nitrogen and oxygen atoms in total. The molecular formula is C16H28N2O3. The highest BCUT2D eigenvalue weighted by atomic mass is 16.6. The summed E-state index contributed by atoms with van der Waals surface area (Å²) in [6.07, 6.45) is 6.06. The Balaban J connectivity index is 1.34. The van der Waals surface area contributed by atoms with Gasteiger partial charge in [-0.05, 0) is 45.7 Å². The van der Waals surface area contributed by atoms with Crippen LogP contribution in [0.3, 0.4) is 0 Å². The van der Waals surface area contributed by atoms with Crippen LogP contribution in [-0.4, -0.2) is 73.3 Å². The number of esters is 1. The molecule has 3 fully saturated rings. The SMILES string of the molecule is C[C@H]1C[C@H](N2CCC(OCCN3CCCC3)CC2)C(=O)O1. The first kappa shape index (κ1) is 15.3. The lowest BCUT2D eigenvalue weighted by Gasteiger charge is -2.34. The number of nitrogens with zero attached hydrogens (tertiary/aromatic N) is 2. The van der Waals surface area contributed by atoms with Gasteiger partial charge in [0.15, 0.2) is 0 Å². The molecular weight excluding hydrogens is 268 g/mol. The van der Waals surface area contributed by atoms with Gasteiger partial charge in [-0.15, -0.1) is 0 Å². The van der Waals surface area contributed by atoms with Crippen molar-refractivity contribution in [2.45, 2.75) is 57.3 Å². The zero-order chi connectivity index (χ0) is 14.7. The van der Waals surface area contributed by atoms with Gasteiger partial charge < -0.3 is 14.4 Å². The number of likely N-dealkylation sites (tertiary alicyclic amines) is 2. The van der Waals surface area contributed by atoms with Crippen LogP contribution >= 0.6 is 0 Å². The summed E-state index contributed by atoms with van der Waals surface area (Å²) in [6.45, 7) is 8.31. The lowest BCUT2D eigenvalue weighted by molar-refractivity contribution is -0.145. The van der Waals surface area contributed by atoms with Crippen LogP contribution < -0.4 is 0 Å². The molecule has 3 aliphatic rings. The topological polar surface area (TPSA) is 42.0 Å². The predicted molar refractivity (Wildman–Crippen MR) is 80.2 cm³/mol. The van der Waals surface area contributed by atoms with Crippen molar-refractivity contribution in [3.05, 3.63) is 0 Å². The summed E-state index contributed by atoms with van der Waals surface area (Å²) in [5.41, 5.74) is 0. The fraction of sp³-hybridized carbons (Fsp3) is 0.938. The van der Waals surface area contributed by atoms with Crippen LogP contribution in [0.25, 0.3) is 0 Å². The average molecular weight is 296 g/mol. The molecule has 0 aromatic rings. The molecule has 2 atom stereocenters. The molecule has 0 bridgehead atoms. The Kier molecular flexibility index (Phi) is 5.14. The van der Waals surface area contributed by atoms with E-state index in [1.165, 1.54) is 25.9 Å². The maximum absolute atomic E-state index is 11.8.